The van der Waals surface area contributed by atoms with Gasteiger partial charge in [0.15, 0.2) is 0 Å². The molecule has 0 aliphatic heterocycles. The Balaban J connectivity index is 2.91. The third-order valence-electron chi connectivity index (χ3n) is 3.28. The highest BCUT2D eigenvalue weighted by Gasteiger charge is 2.22. The number of carboxylic acids is 1. The van der Waals surface area contributed by atoms with E-state index in [4.69, 9.17) is 5.11 Å². The number of aromatic carboxylic acids is 1. The van der Waals surface area contributed by atoms with Crippen LogP contribution in [0.1, 0.15) is 29.5 Å². The number of carboxylic acid groups (broad SMARTS) is 1. The lowest BCUT2D eigenvalue weighted by Crippen LogP contribution is -2.40. The van der Waals surface area contributed by atoms with E-state index in [2.05, 4.69) is 15.9 Å². The SMILES string of the molecule is CCc1cc(=O)n(-c2cc(C(=O)O)c(Br)cc2F)c(=O)n1C(F)F. The Bertz CT molecular complexity index is 937. The van der Waals surface area contributed by atoms with E-state index in [-0.39, 0.29) is 25.7 Å². The van der Waals surface area contributed by atoms with Gasteiger partial charge < -0.3 is 5.11 Å². The average Bonchev–Trinajstić information content (AvgIpc) is 2.47. The number of rotatable bonds is 4. The average molecular weight is 407 g/mol. The lowest BCUT2D eigenvalue weighted by molar-refractivity contribution is 0.0605. The second-order valence-electron chi connectivity index (χ2n) is 4.68. The van der Waals surface area contributed by atoms with Gasteiger partial charge in [0.2, 0.25) is 0 Å². The third kappa shape index (κ3) is 3.01. The van der Waals surface area contributed by atoms with Crippen molar-refractivity contribution < 1.29 is 23.1 Å². The van der Waals surface area contributed by atoms with Crippen molar-refractivity contribution in [1.82, 2.24) is 9.13 Å². The van der Waals surface area contributed by atoms with Crippen LogP contribution in [0.2, 0.25) is 0 Å². The second-order valence-corrected chi connectivity index (χ2v) is 5.54. The normalized spacial score (nSPS) is 11.1. The zero-order valence-electron chi connectivity index (χ0n) is 12.1. The number of halogens is 4. The predicted molar refractivity (Wildman–Crippen MR) is 81.5 cm³/mol. The van der Waals surface area contributed by atoms with Gasteiger partial charge in [-0.3, -0.25) is 4.79 Å². The molecule has 1 heterocycles. The topological polar surface area (TPSA) is 81.3 Å². The van der Waals surface area contributed by atoms with Crippen molar-refractivity contribution in [1.29, 1.82) is 0 Å². The van der Waals surface area contributed by atoms with Crippen LogP contribution in [0.3, 0.4) is 0 Å². The molecule has 0 atom stereocenters. The smallest absolute Gasteiger partial charge is 0.340 e. The maximum atomic E-state index is 14.1. The van der Waals surface area contributed by atoms with Gasteiger partial charge in [0.1, 0.15) is 5.82 Å². The molecule has 128 valence electrons. The first-order valence-corrected chi connectivity index (χ1v) is 7.36. The summed E-state index contributed by atoms with van der Waals surface area (Å²) in [7, 11) is 0. The van der Waals surface area contributed by atoms with E-state index in [1.807, 2.05) is 0 Å². The number of hydrogen-bond donors (Lipinski definition) is 1. The molecule has 24 heavy (non-hydrogen) atoms. The molecule has 0 saturated heterocycles. The van der Waals surface area contributed by atoms with Crippen molar-refractivity contribution in [2.75, 3.05) is 0 Å². The summed E-state index contributed by atoms with van der Waals surface area (Å²) in [6, 6.07) is 2.26. The molecule has 0 spiro atoms. The van der Waals surface area contributed by atoms with E-state index in [9.17, 15) is 27.6 Å². The van der Waals surface area contributed by atoms with Crippen molar-refractivity contribution in [2.45, 2.75) is 19.9 Å². The Labute approximate surface area is 140 Å². The molecule has 0 saturated carbocycles. The summed E-state index contributed by atoms with van der Waals surface area (Å²) in [6.07, 6.45) is -0.0150. The summed E-state index contributed by atoms with van der Waals surface area (Å²) >= 11 is 2.84. The molecule has 2 rings (SSSR count). The van der Waals surface area contributed by atoms with E-state index < -0.39 is 40.8 Å². The number of carbonyl (C=O) groups is 1. The van der Waals surface area contributed by atoms with Crippen LogP contribution in [0.15, 0.2) is 32.3 Å². The van der Waals surface area contributed by atoms with E-state index in [0.29, 0.717) is 0 Å². The molecule has 0 bridgehead atoms. The van der Waals surface area contributed by atoms with Crippen molar-refractivity contribution in [3.8, 4) is 5.69 Å². The van der Waals surface area contributed by atoms with Gasteiger partial charge in [-0.05, 0) is 34.5 Å². The number of hydrogen-bond acceptors (Lipinski definition) is 3. The van der Waals surface area contributed by atoms with Gasteiger partial charge in [0.05, 0.1) is 11.3 Å². The largest absolute Gasteiger partial charge is 0.478 e. The van der Waals surface area contributed by atoms with E-state index in [1.165, 1.54) is 6.92 Å². The molecule has 0 radical (unpaired) electrons. The van der Waals surface area contributed by atoms with Crippen LogP contribution in [0.4, 0.5) is 13.2 Å². The van der Waals surface area contributed by atoms with Crippen LogP contribution in [-0.4, -0.2) is 20.2 Å². The first-order valence-electron chi connectivity index (χ1n) is 6.57. The maximum Gasteiger partial charge on any atom is 0.340 e. The zero-order chi connectivity index (χ0) is 18.2. The molecule has 0 aliphatic rings. The maximum absolute atomic E-state index is 14.1. The number of nitrogens with zero attached hydrogens (tertiary/aromatic N) is 2. The minimum absolute atomic E-state index is 0.0150. The van der Waals surface area contributed by atoms with Crippen LogP contribution < -0.4 is 11.2 Å². The highest BCUT2D eigenvalue weighted by atomic mass is 79.9. The fourth-order valence-electron chi connectivity index (χ4n) is 2.18. The molecule has 0 fully saturated rings. The summed E-state index contributed by atoms with van der Waals surface area (Å²) in [5.74, 6) is -2.56. The molecule has 1 N–H and O–H groups in total. The summed E-state index contributed by atoms with van der Waals surface area (Å²) in [5.41, 5.74) is -3.85. The third-order valence-corrected chi connectivity index (χ3v) is 3.94. The molecule has 0 amide bonds. The first kappa shape index (κ1) is 18.0. The van der Waals surface area contributed by atoms with Crippen LogP contribution in [0.5, 0.6) is 0 Å². The summed E-state index contributed by atoms with van der Waals surface area (Å²) in [4.78, 5) is 35.5. The van der Waals surface area contributed by atoms with Gasteiger partial charge in [-0.1, -0.05) is 6.92 Å². The van der Waals surface area contributed by atoms with Crippen LogP contribution in [-0.2, 0) is 6.42 Å². The van der Waals surface area contributed by atoms with Crippen LogP contribution in [0.25, 0.3) is 5.69 Å². The molecular weight excluding hydrogens is 397 g/mol. The Morgan fingerprint density at radius 3 is 2.42 bits per heavy atom. The number of aryl methyl sites for hydroxylation is 1. The van der Waals surface area contributed by atoms with Gasteiger partial charge in [0, 0.05) is 16.2 Å². The summed E-state index contributed by atoms with van der Waals surface area (Å²) in [5, 5.41) is 9.05. The lowest BCUT2D eigenvalue weighted by Gasteiger charge is -2.14. The van der Waals surface area contributed by atoms with Gasteiger partial charge >= 0.3 is 18.2 Å². The molecule has 10 heteroatoms. The highest BCUT2D eigenvalue weighted by Crippen LogP contribution is 2.23. The molecule has 6 nitrogen and oxygen atoms in total. The number of aromatic nitrogens is 2. The standard InChI is InChI=1S/C14H10BrF3N2O4/c1-2-6-3-11(21)20(14(24)19(6)13(17)18)10-4-7(12(22)23)8(15)5-9(10)16/h3-5,13H,2H2,1H3,(H,22,23). The van der Waals surface area contributed by atoms with E-state index in [0.717, 1.165) is 18.2 Å². The van der Waals surface area contributed by atoms with Gasteiger partial charge in [0.25, 0.3) is 5.56 Å². The Kier molecular flexibility index (Phi) is 4.97. The molecule has 1 aromatic carbocycles. The molecule has 0 aliphatic carbocycles. The Hall–Kier alpha value is -2.36. The first-order chi connectivity index (χ1) is 11.2. The quantitative estimate of drug-likeness (QED) is 0.845. The van der Waals surface area contributed by atoms with Gasteiger partial charge in [-0.15, -0.1) is 0 Å². The Morgan fingerprint density at radius 2 is 1.92 bits per heavy atom. The lowest BCUT2D eigenvalue weighted by atomic mass is 10.2. The summed E-state index contributed by atoms with van der Waals surface area (Å²) in [6.45, 7) is -1.77. The number of benzene rings is 1. The zero-order valence-corrected chi connectivity index (χ0v) is 13.7. The Morgan fingerprint density at radius 1 is 1.29 bits per heavy atom. The number of alkyl halides is 2. The molecule has 0 unspecified atom stereocenters. The van der Waals surface area contributed by atoms with Crippen molar-refractivity contribution in [2.24, 2.45) is 0 Å². The summed E-state index contributed by atoms with van der Waals surface area (Å²) < 4.78 is 40.5. The highest BCUT2D eigenvalue weighted by molar-refractivity contribution is 9.10. The molecule has 2 aromatic rings. The van der Waals surface area contributed by atoms with Gasteiger partial charge in [-0.25, -0.2) is 23.1 Å². The van der Waals surface area contributed by atoms with E-state index in [1.54, 1.807) is 0 Å². The van der Waals surface area contributed by atoms with Crippen molar-refractivity contribution in [3.63, 3.8) is 0 Å². The van der Waals surface area contributed by atoms with Crippen molar-refractivity contribution >= 4 is 21.9 Å². The second kappa shape index (κ2) is 6.63. The monoisotopic (exact) mass is 406 g/mol. The fourth-order valence-corrected chi connectivity index (χ4v) is 2.66. The van der Waals surface area contributed by atoms with Gasteiger partial charge in [-0.2, -0.15) is 8.78 Å². The fraction of sp³-hybridized carbons (Fsp3) is 0.214. The minimum Gasteiger partial charge on any atom is -0.478 e. The van der Waals surface area contributed by atoms with Crippen molar-refractivity contribution in [3.05, 3.63) is 60.6 Å². The molecular formula is C14H10BrF3N2O4. The van der Waals surface area contributed by atoms with E-state index >= 15 is 0 Å². The van der Waals surface area contributed by atoms with Crippen LogP contribution in [0, 0.1) is 5.82 Å². The minimum atomic E-state index is -3.24. The van der Waals surface area contributed by atoms with Crippen LogP contribution >= 0.6 is 15.9 Å². The molecule has 1 aromatic heterocycles. The predicted octanol–water partition coefficient (Wildman–Crippen LogP) is 2.56.